The number of cyclic esters (lactones) is 1. The van der Waals surface area contributed by atoms with Crippen molar-refractivity contribution in [2.75, 3.05) is 19.7 Å². The smallest absolute Gasteiger partial charge is 0.342 e. The number of likely N-dealkylation sites (tertiary alicyclic amines) is 1. The van der Waals surface area contributed by atoms with Crippen LogP contribution in [0.3, 0.4) is 0 Å². The van der Waals surface area contributed by atoms with E-state index in [4.69, 9.17) is 25.9 Å². The summed E-state index contributed by atoms with van der Waals surface area (Å²) in [7, 11) is 0. The second-order valence-corrected chi connectivity index (χ2v) is 9.62. The quantitative estimate of drug-likeness (QED) is 0.353. The molecular formula is C26H31ClN2O7. The Balaban J connectivity index is 1.60. The van der Waals surface area contributed by atoms with Crippen molar-refractivity contribution in [1.82, 2.24) is 4.90 Å². The molecule has 3 aliphatic heterocycles. The standard InChI is InChI=1S/C26H31ClN2O7/c1-16-12-22-21(36-22)9-5-4-8-17(28-34-15-23(32)29-10-6-2-3-7-11-29)13-18-24(26(33)35-16)19(30)14-20(31)25(18)27/h4-5,8-9,14,16,21-22,30-31H,2-3,6-7,10-13,15H2,1H3/b8-4+,9-5+,28-17+/t16-,21-,22-/m1/s1. The number of amides is 1. The van der Waals surface area contributed by atoms with Gasteiger partial charge in [0.05, 0.1) is 16.8 Å². The number of phenolic OH excluding ortho intramolecular Hbond substituents is 2. The maximum atomic E-state index is 13.0. The Morgan fingerprint density at radius 1 is 1.19 bits per heavy atom. The maximum Gasteiger partial charge on any atom is 0.342 e. The monoisotopic (exact) mass is 518 g/mol. The lowest BCUT2D eigenvalue weighted by atomic mass is 9.99. The number of allylic oxidation sites excluding steroid dienone is 3. The van der Waals surface area contributed by atoms with Crippen LogP contribution in [0.15, 0.2) is 35.5 Å². The minimum atomic E-state index is -0.776. The second kappa shape index (κ2) is 11.8. The van der Waals surface area contributed by atoms with Gasteiger partial charge in [-0.15, -0.1) is 0 Å². The van der Waals surface area contributed by atoms with E-state index in [1.54, 1.807) is 24.0 Å². The van der Waals surface area contributed by atoms with Crippen molar-refractivity contribution in [2.24, 2.45) is 5.16 Å². The number of hydrogen-bond donors (Lipinski definition) is 2. The molecule has 0 aromatic heterocycles. The van der Waals surface area contributed by atoms with Gasteiger partial charge in [0.2, 0.25) is 0 Å². The number of fused-ring (bicyclic) bond motifs is 2. The summed E-state index contributed by atoms with van der Waals surface area (Å²) in [5.74, 6) is -1.77. The molecule has 0 saturated carbocycles. The number of hydrogen-bond acceptors (Lipinski definition) is 8. The van der Waals surface area contributed by atoms with Crippen LogP contribution in [0, 0.1) is 0 Å². The molecule has 0 bridgehead atoms. The van der Waals surface area contributed by atoms with Crippen molar-refractivity contribution in [1.29, 1.82) is 0 Å². The fourth-order valence-electron chi connectivity index (χ4n) is 4.43. The molecule has 2 fully saturated rings. The summed E-state index contributed by atoms with van der Waals surface area (Å²) < 4.78 is 11.1. The average molecular weight is 519 g/mol. The van der Waals surface area contributed by atoms with E-state index in [0.29, 0.717) is 25.2 Å². The first-order chi connectivity index (χ1) is 17.3. The molecule has 10 heteroatoms. The zero-order valence-electron chi connectivity index (χ0n) is 20.2. The molecule has 3 aliphatic rings. The number of epoxide rings is 1. The van der Waals surface area contributed by atoms with Crippen LogP contribution >= 0.6 is 11.6 Å². The number of carbonyl (C=O) groups excluding carboxylic acids is 2. The van der Waals surface area contributed by atoms with Gasteiger partial charge in [-0.05, 0) is 31.4 Å². The largest absolute Gasteiger partial charge is 0.507 e. The van der Waals surface area contributed by atoms with Crippen molar-refractivity contribution in [2.45, 2.75) is 63.8 Å². The predicted octanol–water partition coefficient (Wildman–Crippen LogP) is 3.90. The van der Waals surface area contributed by atoms with E-state index in [0.717, 1.165) is 31.7 Å². The van der Waals surface area contributed by atoms with Crippen LogP contribution in [0.25, 0.3) is 0 Å². The molecule has 0 radical (unpaired) electrons. The van der Waals surface area contributed by atoms with Gasteiger partial charge in [-0.2, -0.15) is 0 Å². The topological polar surface area (TPSA) is 121 Å². The van der Waals surface area contributed by atoms with E-state index in [9.17, 15) is 19.8 Å². The predicted molar refractivity (Wildman–Crippen MR) is 133 cm³/mol. The normalized spacial score (nSPS) is 27.6. The highest BCUT2D eigenvalue weighted by Gasteiger charge is 2.38. The van der Waals surface area contributed by atoms with Gasteiger partial charge in [0, 0.05) is 32.0 Å². The van der Waals surface area contributed by atoms with Gasteiger partial charge < -0.3 is 29.4 Å². The van der Waals surface area contributed by atoms with Crippen LogP contribution in [0.5, 0.6) is 11.5 Å². The first-order valence-corrected chi connectivity index (χ1v) is 12.6. The number of esters is 1. The van der Waals surface area contributed by atoms with Crippen molar-refractivity contribution < 1.29 is 34.1 Å². The maximum absolute atomic E-state index is 13.0. The van der Waals surface area contributed by atoms with E-state index in [-0.39, 0.29) is 53.0 Å². The van der Waals surface area contributed by atoms with Crippen LogP contribution in [-0.2, 0) is 25.5 Å². The summed E-state index contributed by atoms with van der Waals surface area (Å²) in [5, 5.41) is 24.7. The van der Waals surface area contributed by atoms with Crippen molar-refractivity contribution in [3.8, 4) is 11.5 Å². The molecule has 3 heterocycles. The lowest BCUT2D eigenvalue weighted by Gasteiger charge is -2.19. The Bertz CT molecular complexity index is 1080. The van der Waals surface area contributed by atoms with E-state index >= 15 is 0 Å². The van der Waals surface area contributed by atoms with Gasteiger partial charge in [0.15, 0.2) is 6.61 Å². The molecule has 0 spiro atoms. The molecule has 36 heavy (non-hydrogen) atoms. The molecular weight excluding hydrogens is 488 g/mol. The average Bonchev–Trinajstić information content (AvgIpc) is 3.61. The third-order valence-corrected chi connectivity index (χ3v) is 6.83. The highest BCUT2D eigenvalue weighted by Crippen LogP contribution is 2.38. The highest BCUT2D eigenvalue weighted by molar-refractivity contribution is 6.33. The fourth-order valence-corrected chi connectivity index (χ4v) is 4.65. The van der Waals surface area contributed by atoms with Gasteiger partial charge in [-0.1, -0.05) is 47.8 Å². The fraction of sp³-hybridized carbons (Fsp3) is 0.500. The van der Waals surface area contributed by atoms with Gasteiger partial charge in [-0.25, -0.2) is 4.79 Å². The third-order valence-electron chi connectivity index (χ3n) is 6.41. The summed E-state index contributed by atoms with van der Waals surface area (Å²) in [6, 6.07) is 1.00. The minimum absolute atomic E-state index is 0.0651. The molecule has 3 atom stereocenters. The van der Waals surface area contributed by atoms with Crippen LogP contribution in [0.2, 0.25) is 5.02 Å². The summed E-state index contributed by atoms with van der Waals surface area (Å²) in [6.07, 6.45) is 11.1. The van der Waals surface area contributed by atoms with Crippen molar-refractivity contribution in [3.63, 3.8) is 0 Å². The number of aromatic hydroxyl groups is 2. The molecule has 1 amide bonds. The van der Waals surface area contributed by atoms with E-state index < -0.39 is 17.8 Å². The molecule has 4 rings (SSSR count). The molecule has 1 aromatic rings. The van der Waals surface area contributed by atoms with Gasteiger partial charge in [-0.3, -0.25) is 4.79 Å². The lowest BCUT2D eigenvalue weighted by molar-refractivity contribution is -0.136. The SMILES string of the molecule is C[C@@H]1C[C@H]2O[C@@H]2/C=C/C=C/C(=N\OCC(=O)N2CCCCCC2)Cc2c(Cl)c(O)cc(O)c2C(=O)O1. The number of oxime groups is 1. The van der Waals surface area contributed by atoms with E-state index in [2.05, 4.69) is 5.16 Å². The number of rotatable bonds is 3. The molecule has 2 N–H and O–H groups in total. The van der Waals surface area contributed by atoms with E-state index in [1.807, 2.05) is 12.2 Å². The Kier molecular flexibility index (Phi) is 8.53. The van der Waals surface area contributed by atoms with E-state index in [1.165, 1.54) is 0 Å². The number of phenols is 2. The first kappa shape index (κ1) is 26.0. The first-order valence-electron chi connectivity index (χ1n) is 12.2. The molecule has 9 nitrogen and oxygen atoms in total. The summed E-state index contributed by atoms with van der Waals surface area (Å²) in [4.78, 5) is 32.7. The number of benzene rings is 1. The Morgan fingerprint density at radius 3 is 2.69 bits per heavy atom. The van der Waals surface area contributed by atoms with Crippen molar-refractivity contribution >= 4 is 29.2 Å². The Hall–Kier alpha value is -3.04. The molecule has 1 aromatic carbocycles. The highest BCUT2D eigenvalue weighted by atomic mass is 35.5. The minimum Gasteiger partial charge on any atom is -0.507 e. The van der Waals surface area contributed by atoms with Gasteiger partial charge in [0.25, 0.3) is 5.91 Å². The van der Waals surface area contributed by atoms with Crippen LogP contribution in [0.1, 0.15) is 54.9 Å². The Morgan fingerprint density at radius 2 is 1.94 bits per heavy atom. The summed E-state index contributed by atoms with van der Waals surface area (Å²) >= 11 is 6.35. The number of ether oxygens (including phenoxy) is 2. The van der Waals surface area contributed by atoms with Gasteiger partial charge >= 0.3 is 5.97 Å². The molecule has 0 aliphatic carbocycles. The zero-order valence-corrected chi connectivity index (χ0v) is 20.9. The van der Waals surface area contributed by atoms with Crippen molar-refractivity contribution in [3.05, 3.63) is 46.5 Å². The molecule has 0 unspecified atom stereocenters. The second-order valence-electron chi connectivity index (χ2n) is 9.24. The summed E-state index contributed by atoms with van der Waals surface area (Å²) in [5.41, 5.74) is 0.300. The van der Waals surface area contributed by atoms with Crippen LogP contribution in [0.4, 0.5) is 0 Å². The number of nitrogens with zero attached hydrogens (tertiary/aromatic N) is 2. The third kappa shape index (κ3) is 6.59. The van der Waals surface area contributed by atoms with Crippen LogP contribution in [-0.4, -0.2) is 70.7 Å². The Labute approximate surface area is 214 Å². The molecule has 194 valence electrons. The lowest BCUT2D eigenvalue weighted by Crippen LogP contribution is -2.34. The molecule has 2 saturated heterocycles. The van der Waals surface area contributed by atoms with Gasteiger partial charge in [0.1, 0.15) is 29.3 Å². The zero-order chi connectivity index (χ0) is 25.7. The number of halogens is 1. The number of carbonyl (C=O) groups is 2. The summed E-state index contributed by atoms with van der Waals surface area (Å²) in [6.45, 7) is 2.93. The van der Waals surface area contributed by atoms with Crippen LogP contribution < -0.4 is 0 Å².